The smallest absolute Gasteiger partial charge is 0.0234 e. The topological polar surface area (TPSA) is 15.3 Å². The van der Waals surface area contributed by atoms with E-state index in [2.05, 4.69) is 58.6 Å². The van der Waals surface area contributed by atoms with Gasteiger partial charge in [-0.2, -0.15) is 11.8 Å². The lowest BCUT2D eigenvalue weighted by Gasteiger charge is -2.24. The van der Waals surface area contributed by atoms with Crippen LogP contribution in [-0.4, -0.2) is 41.6 Å². The van der Waals surface area contributed by atoms with Crippen LogP contribution >= 0.6 is 11.8 Å². The minimum absolute atomic E-state index is 0.705. The molecule has 1 saturated heterocycles. The van der Waals surface area contributed by atoms with Crippen molar-refractivity contribution in [2.24, 2.45) is 0 Å². The Morgan fingerprint density at radius 3 is 2.85 bits per heavy atom. The summed E-state index contributed by atoms with van der Waals surface area (Å²) in [5, 5.41) is 4.78. The average molecular weight is 290 g/mol. The number of benzene rings is 1. The molecule has 3 rings (SSSR count). The molecule has 20 heavy (non-hydrogen) atoms. The highest BCUT2D eigenvalue weighted by Gasteiger charge is 2.30. The van der Waals surface area contributed by atoms with Gasteiger partial charge in [0.1, 0.15) is 0 Å². The summed E-state index contributed by atoms with van der Waals surface area (Å²) in [6.45, 7) is 3.56. The molecule has 3 heteroatoms. The summed E-state index contributed by atoms with van der Waals surface area (Å²) in [4.78, 5) is 2.59. The molecule has 1 aliphatic heterocycles. The number of rotatable bonds is 5. The van der Waals surface area contributed by atoms with E-state index in [0.29, 0.717) is 6.04 Å². The van der Waals surface area contributed by atoms with E-state index in [9.17, 15) is 0 Å². The Hall–Kier alpha value is -0.510. The molecule has 0 bridgehead atoms. The van der Waals surface area contributed by atoms with E-state index >= 15 is 0 Å². The third-order valence-corrected chi connectivity index (χ3v) is 5.90. The van der Waals surface area contributed by atoms with Crippen LogP contribution in [0, 0.1) is 0 Å². The van der Waals surface area contributed by atoms with E-state index in [-0.39, 0.29) is 0 Å². The maximum Gasteiger partial charge on any atom is 0.0234 e. The van der Waals surface area contributed by atoms with Crippen LogP contribution in [0.3, 0.4) is 0 Å². The summed E-state index contributed by atoms with van der Waals surface area (Å²) in [5.41, 5.74) is 1.44. The molecule has 3 atom stereocenters. The summed E-state index contributed by atoms with van der Waals surface area (Å²) >= 11 is 2.05. The summed E-state index contributed by atoms with van der Waals surface area (Å²) < 4.78 is 0. The van der Waals surface area contributed by atoms with Gasteiger partial charge in [0.15, 0.2) is 0 Å². The van der Waals surface area contributed by atoms with E-state index in [0.717, 1.165) is 17.8 Å². The highest BCUT2D eigenvalue weighted by atomic mass is 32.2. The van der Waals surface area contributed by atoms with Gasteiger partial charge in [-0.3, -0.25) is 4.90 Å². The Balaban J connectivity index is 1.47. The van der Waals surface area contributed by atoms with Gasteiger partial charge in [0.05, 0.1) is 0 Å². The molecule has 0 aromatic heterocycles. The normalized spacial score (nSPS) is 30.9. The van der Waals surface area contributed by atoms with Gasteiger partial charge in [0, 0.05) is 37.0 Å². The number of hydrogen-bond acceptors (Lipinski definition) is 3. The number of nitrogens with one attached hydrogen (secondary N) is 1. The predicted octanol–water partition coefficient (Wildman–Crippen LogP) is 3.13. The maximum absolute atomic E-state index is 3.93. The Bertz CT molecular complexity index is 409. The fraction of sp³-hybridized carbons (Fsp3) is 0.647. The van der Waals surface area contributed by atoms with Crippen LogP contribution in [0.2, 0.25) is 0 Å². The van der Waals surface area contributed by atoms with Gasteiger partial charge >= 0.3 is 0 Å². The molecule has 2 fully saturated rings. The van der Waals surface area contributed by atoms with Gasteiger partial charge in [-0.15, -0.1) is 0 Å². The van der Waals surface area contributed by atoms with E-state index in [1.165, 1.54) is 44.3 Å². The van der Waals surface area contributed by atoms with Crippen LogP contribution in [0.15, 0.2) is 30.3 Å². The molecule has 1 aliphatic carbocycles. The van der Waals surface area contributed by atoms with Gasteiger partial charge in [-0.05, 0) is 31.1 Å². The monoisotopic (exact) mass is 290 g/mol. The second-order valence-electron chi connectivity index (χ2n) is 6.18. The van der Waals surface area contributed by atoms with E-state index in [1.807, 2.05) is 0 Å². The van der Waals surface area contributed by atoms with Crippen molar-refractivity contribution in [1.82, 2.24) is 10.2 Å². The molecule has 0 amide bonds. The SMILES string of the molecule is CSC1CCCC1NC1CCN(Cc2ccccc2)C1. The Kier molecular flexibility index (Phi) is 5.03. The Morgan fingerprint density at radius 2 is 2.05 bits per heavy atom. The fourth-order valence-electron chi connectivity index (χ4n) is 3.66. The lowest BCUT2D eigenvalue weighted by atomic mass is 10.2. The Labute approximate surface area is 127 Å². The quantitative estimate of drug-likeness (QED) is 0.897. The number of nitrogens with zero attached hydrogens (tertiary/aromatic N) is 1. The summed E-state index contributed by atoms with van der Waals surface area (Å²) in [5.74, 6) is 0. The van der Waals surface area contributed by atoms with Crippen molar-refractivity contribution in [3.63, 3.8) is 0 Å². The minimum atomic E-state index is 0.705. The summed E-state index contributed by atoms with van der Waals surface area (Å²) in [6, 6.07) is 12.3. The third-order valence-electron chi connectivity index (χ3n) is 4.73. The number of hydrogen-bond donors (Lipinski definition) is 1. The highest BCUT2D eigenvalue weighted by molar-refractivity contribution is 7.99. The van der Waals surface area contributed by atoms with Crippen LogP contribution in [0.1, 0.15) is 31.2 Å². The van der Waals surface area contributed by atoms with Crippen LogP contribution in [0.4, 0.5) is 0 Å². The second-order valence-corrected chi connectivity index (χ2v) is 7.26. The molecule has 1 saturated carbocycles. The molecular weight excluding hydrogens is 264 g/mol. The van der Waals surface area contributed by atoms with Crippen molar-refractivity contribution in [1.29, 1.82) is 0 Å². The van der Waals surface area contributed by atoms with Crippen molar-refractivity contribution in [2.45, 2.75) is 49.6 Å². The first-order chi connectivity index (χ1) is 9.85. The average Bonchev–Trinajstić information content (AvgIpc) is 3.10. The molecule has 0 spiro atoms. The molecule has 1 aromatic carbocycles. The molecule has 1 heterocycles. The molecule has 1 N–H and O–H groups in total. The lowest BCUT2D eigenvalue weighted by molar-refractivity contribution is 0.315. The zero-order chi connectivity index (χ0) is 13.8. The fourth-order valence-corrected chi connectivity index (χ4v) is 4.60. The van der Waals surface area contributed by atoms with E-state index in [1.54, 1.807) is 0 Å². The second kappa shape index (κ2) is 6.97. The van der Waals surface area contributed by atoms with Gasteiger partial charge in [-0.1, -0.05) is 36.8 Å². The van der Waals surface area contributed by atoms with Gasteiger partial charge in [0.2, 0.25) is 0 Å². The van der Waals surface area contributed by atoms with Gasteiger partial charge < -0.3 is 5.32 Å². The van der Waals surface area contributed by atoms with Crippen LogP contribution < -0.4 is 5.32 Å². The zero-order valence-electron chi connectivity index (χ0n) is 12.4. The molecule has 2 nitrogen and oxygen atoms in total. The molecule has 2 aliphatic rings. The highest BCUT2D eigenvalue weighted by Crippen LogP contribution is 2.29. The first-order valence-electron chi connectivity index (χ1n) is 7.90. The predicted molar refractivity (Wildman–Crippen MR) is 88.2 cm³/mol. The van der Waals surface area contributed by atoms with Crippen molar-refractivity contribution in [3.05, 3.63) is 35.9 Å². The maximum atomic E-state index is 3.93. The largest absolute Gasteiger partial charge is 0.309 e. The van der Waals surface area contributed by atoms with E-state index < -0.39 is 0 Å². The Morgan fingerprint density at radius 1 is 1.20 bits per heavy atom. The van der Waals surface area contributed by atoms with E-state index in [4.69, 9.17) is 0 Å². The van der Waals surface area contributed by atoms with Crippen LogP contribution in [0.25, 0.3) is 0 Å². The standard InChI is InChI=1S/C17H26N2S/c1-20-17-9-5-8-16(17)18-15-10-11-19(13-15)12-14-6-3-2-4-7-14/h2-4,6-7,15-18H,5,8-13H2,1H3. The van der Waals surface area contributed by atoms with Crippen molar-refractivity contribution < 1.29 is 0 Å². The first kappa shape index (κ1) is 14.4. The lowest BCUT2D eigenvalue weighted by Crippen LogP contribution is -2.42. The number of likely N-dealkylation sites (tertiary alicyclic amines) is 1. The zero-order valence-corrected chi connectivity index (χ0v) is 13.2. The number of thioether (sulfide) groups is 1. The summed E-state index contributed by atoms with van der Waals surface area (Å²) in [6.07, 6.45) is 7.76. The van der Waals surface area contributed by atoms with Crippen LogP contribution in [0.5, 0.6) is 0 Å². The van der Waals surface area contributed by atoms with Gasteiger partial charge in [0.25, 0.3) is 0 Å². The molecule has 3 unspecified atom stereocenters. The molecule has 110 valence electrons. The van der Waals surface area contributed by atoms with Crippen molar-refractivity contribution in [2.75, 3.05) is 19.3 Å². The minimum Gasteiger partial charge on any atom is -0.309 e. The molecular formula is C17H26N2S. The van der Waals surface area contributed by atoms with Crippen molar-refractivity contribution in [3.8, 4) is 0 Å². The first-order valence-corrected chi connectivity index (χ1v) is 9.19. The van der Waals surface area contributed by atoms with Crippen molar-refractivity contribution >= 4 is 11.8 Å². The van der Waals surface area contributed by atoms with Crippen LogP contribution in [-0.2, 0) is 6.54 Å². The molecule has 1 aromatic rings. The third kappa shape index (κ3) is 3.57. The summed E-state index contributed by atoms with van der Waals surface area (Å²) in [7, 11) is 0. The molecule has 0 radical (unpaired) electrons. The van der Waals surface area contributed by atoms with Gasteiger partial charge in [-0.25, -0.2) is 0 Å².